The number of ether oxygens (including phenoxy) is 1. The average molecular weight is 295 g/mol. The van der Waals surface area contributed by atoms with Gasteiger partial charge in [0.25, 0.3) is 6.01 Å². The molecule has 2 heterocycles. The Morgan fingerprint density at radius 2 is 2.40 bits per heavy atom. The summed E-state index contributed by atoms with van der Waals surface area (Å²) in [5.41, 5.74) is 1.43. The van der Waals surface area contributed by atoms with Gasteiger partial charge in [0, 0.05) is 18.1 Å². The number of nitrogens with zero attached hydrogens (tertiary/aromatic N) is 2. The normalized spacial score (nSPS) is 19.3. The van der Waals surface area contributed by atoms with E-state index in [0.717, 1.165) is 24.9 Å². The first-order chi connectivity index (χ1) is 9.67. The molecule has 20 heavy (non-hydrogen) atoms. The molecule has 1 unspecified atom stereocenters. The van der Waals surface area contributed by atoms with E-state index >= 15 is 0 Å². The predicted molar refractivity (Wildman–Crippen MR) is 76.0 cm³/mol. The van der Waals surface area contributed by atoms with Crippen LogP contribution in [0.2, 0.25) is 5.02 Å². The molecule has 1 aromatic heterocycles. The Balaban J connectivity index is 1.84. The van der Waals surface area contributed by atoms with Gasteiger partial charge in [-0.25, -0.2) is 0 Å². The molecule has 0 spiro atoms. The number of hydrogen-bond donors (Lipinski definition) is 0. The summed E-state index contributed by atoms with van der Waals surface area (Å²) in [7, 11) is 1.42. The number of carbonyl (C=O) groups excluding carboxylic acids is 1. The van der Waals surface area contributed by atoms with Gasteiger partial charge in [0.2, 0.25) is 0 Å². The van der Waals surface area contributed by atoms with Crippen LogP contribution in [0, 0.1) is 5.92 Å². The summed E-state index contributed by atoms with van der Waals surface area (Å²) in [5.74, 6) is -0.291. The van der Waals surface area contributed by atoms with E-state index in [4.69, 9.17) is 20.8 Å². The van der Waals surface area contributed by atoms with Crippen molar-refractivity contribution >= 4 is 34.7 Å². The lowest BCUT2D eigenvalue weighted by molar-refractivity contribution is -0.145. The van der Waals surface area contributed by atoms with Gasteiger partial charge in [-0.1, -0.05) is 11.6 Å². The van der Waals surface area contributed by atoms with Crippen LogP contribution in [0.25, 0.3) is 11.1 Å². The van der Waals surface area contributed by atoms with Crippen LogP contribution >= 0.6 is 11.6 Å². The fraction of sp³-hybridized carbons (Fsp3) is 0.429. The van der Waals surface area contributed by atoms with Crippen LogP contribution in [-0.4, -0.2) is 31.2 Å². The van der Waals surface area contributed by atoms with Crippen LogP contribution in [0.5, 0.6) is 0 Å². The summed E-state index contributed by atoms with van der Waals surface area (Å²) >= 11 is 5.94. The van der Waals surface area contributed by atoms with E-state index in [1.54, 1.807) is 18.2 Å². The first kappa shape index (κ1) is 13.2. The zero-order valence-corrected chi connectivity index (χ0v) is 11.9. The van der Waals surface area contributed by atoms with Crippen molar-refractivity contribution in [1.82, 2.24) is 4.98 Å². The molecular weight excluding hydrogens is 280 g/mol. The van der Waals surface area contributed by atoms with Gasteiger partial charge in [-0.2, -0.15) is 4.98 Å². The van der Waals surface area contributed by atoms with E-state index in [-0.39, 0.29) is 11.9 Å². The lowest BCUT2D eigenvalue weighted by atomic mass is 9.99. The van der Waals surface area contributed by atoms with Gasteiger partial charge in [-0.05, 0) is 31.0 Å². The van der Waals surface area contributed by atoms with Gasteiger partial charge < -0.3 is 14.1 Å². The number of esters is 1. The number of carbonyl (C=O) groups is 1. The minimum Gasteiger partial charge on any atom is -0.469 e. The van der Waals surface area contributed by atoms with Crippen LogP contribution in [0.15, 0.2) is 22.6 Å². The van der Waals surface area contributed by atoms with Crippen molar-refractivity contribution in [3.05, 3.63) is 23.2 Å². The lowest BCUT2D eigenvalue weighted by Gasteiger charge is -2.29. The quantitative estimate of drug-likeness (QED) is 0.797. The molecular formula is C14H15ClN2O3. The largest absolute Gasteiger partial charge is 0.469 e. The summed E-state index contributed by atoms with van der Waals surface area (Å²) in [4.78, 5) is 18.1. The number of methoxy groups -OCH3 is 1. The fourth-order valence-electron chi connectivity index (χ4n) is 2.53. The maximum atomic E-state index is 11.6. The highest BCUT2D eigenvalue weighted by atomic mass is 35.5. The first-order valence-corrected chi connectivity index (χ1v) is 6.94. The number of fused-ring (bicyclic) bond motifs is 1. The van der Waals surface area contributed by atoms with E-state index in [1.165, 1.54) is 7.11 Å². The minimum atomic E-state index is -0.172. The highest BCUT2D eigenvalue weighted by Crippen LogP contribution is 2.28. The van der Waals surface area contributed by atoms with Gasteiger partial charge in [0.15, 0.2) is 5.58 Å². The van der Waals surface area contributed by atoms with E-state index in [2.05, 4.69) is 4.98 Å². The fourth-order valence-corrected chi connectivity index (χ4v) is 2.70. The van der Waals surface area contributed by atoms with Crippen molar-refractivity contribution in [3.8, 4) is 0 Å². The monoisotopic (exact) mass is 294 g/mol. The topological polar surface area (TPSA) is 55.6 Å². The number of halogens is 1. The Hall–Kier alpha value is -1.75. The van der Waals surface area contributed by atoms with Crippen LogP contribution in [0.3, 0.4) is 0 Å². The third kappa shape index (κ3) is 2.45. The maximum Gasteiger partial charge on any atom is 0.310 e. The second-order valence-corrected chi connectivity index (χ2v) is 5.35. The van der Waals surface area contributed by atoms with Gasteiger partial charge in [0.05, 0.1) is 13.0 Å². The standard InChI is InChI=1S/C14H15ClN2O3/c1-19-13(18)9-3-2-6-17(8-9)14-16-11-7-10(15)4-5-12(11)20-14/h4-5,7,9H,2-3,6,8H2,1H3. The SMILES string of the molecule is COC(=O)C1CCCN(c2nc3cc(Cl)ccc3o2)C1. The second-order valence-electron chi connectivity index (χ2n) is 4.92. The second kappa shape index (κ2) is 5.32. The number of piperidine rings is 1. The molecule has 1 atom stereocenters. The molecule has 0 N–H and O–H groups in total. The molecule has 0 aliphatic carbocycles. The van der Waals surface area contributed by atoms with Crippen LogP contribution in [-0.2, 0) is 9.53 Å². The molecule has 5 nitrogen and oxygen atoms in total. The summed E-state index contributed by atoms with van der Waals surface area (Å²) < 4.78 is 10.5. The molecule has 1 aromatic carbocycles. The molecule has 0 bridgehead atoms. The molecule has 1 saturated heterocycles. The average Bonchev–Trinajstić information content (AvgIpc) is 2.89. The van der Waals surface area contributed by atoms with Crippen LogP contribution in [0.4, 0.5) is 6.01 Å². The Morgan fingerprint density at radius 3 is 3.20 bits per heavy atom. The third-order valence-electron chi connectivity index (χ3n) is 3.56. The van der Waals surface area contributed by atoms with Crippen molar-refractivity contribution in [2.24, 2.45) is 5.92 Å². The summed E-state index contributed by atoms with van der Waals surface area (Å²) in [6.45, 7) is 1.40. The predicted octanol–water partition coefficient (Wildman–Crippen LogP) is 2.87. The molecule has 0 radical (unpaired) electrons. The van der Waals surface area contributed by atoms with Crippen molar-refractivity contribution in [2.75, 3.05) is 25.1 Å². The zero-order valence-electron chi connectivity index (χ0n) is 11.1. The van der Waals surface area contributed by atoms with E-state index < -0.39 is 0 Å². The molecule has 0 saturated carbocycles. The van der Waals surface area contributed by atoms with Gasteiger partial charge in [-0.15, -0.1) is 0 Å². The zero-order chi connectivity index (χ0) is 14.1. The van der Waals surface area contributed by atoms with Crippen LogP contribution in [0.1, 0.15) is 12.8 Å². The van der Waals surface area contributed by atoms with E-state index in [9.17, 15) is 4.79 Å². The van der Waals surface area contributed by atoms with Gasteiger partial charge in [-0.3, -0.25) is 4.79 Å². The third-order valence-corrected chi connectivity index (χ3v) is 3.80. The highest BCUT2D eigenvalue weighted by Gasteiger charge is 2.28. The summed E-state index contributed by atoms with van der Waals surface area (Å²) in [6.07, 6.45) is 1.76. The molecule has 2 aromatic rings. The molecule has 106 valence electrons. The maximum absolute atomic E-state index is 11.6. The lowest BCUT2D eigenvalue weighted by Crippen LogP contribution is -2.39. The Kier molecular flexibility index (Phi) is 3.53. The number of oxazole rings is 1. The van der Waals surface area contributed by atoms with E-state index in [0.29, 0.717) is 23.2 Å². The Labute approximate surface area is 121 Å². The van der Waals surface area contributed by atoms with Crippen LogP contribution < -0.4 is 4.90 Å². The number of aromatic nitrogens is 1. The smallest absolute Gasteiger partial charge is 0.310 e. The number of rotatable bonds is 2. The van der Waals surface area contributed by atoms with Crippen molar-refractivity contribution < 1.29 is 13.9 Å². The molecule has 6 heteroatoms. The number of benzene rings is 1. The number of hydrogen-bond acceptors (Lipinski definition) is 5. The molecule has 1 aliphatic heterocycles. The van der Waals surface area contributed by atoms with Crippen molar-refractivity contribution in [1.29, 1.82) is 0 Å². The minimum absolute atomic E-state index is 0.118. The molecule has 0 amide bonds. The Bertz CT molecular complexity index is 640. The summed E-state index contributed by atoms with van der Waals surface area (Å²) in [6, 6.07) is 5.88. The summed E-state index contributed by atoms with van der Waals surface area (Å²) in [5, 5.41) is 0.628. The van der Waals surface area contributed by atoms with Gasteiger partial charge in [0.1, 0.15) is 5.52 Å². The van der Waals surface area contributed by atoms with Crippen molar-refractivity contribution in [2.45, 2.75) is 12.8 Å². The molecule has 3 rings (SSSR count). The van der Waals surface area contributed by atoms with Gasteiger partial charge >= 0.3 is 5.97 Å². The molecule has 1 fully saturated rings. The highest BCUT2D eigenvalue weighted by molar-refractivity contribution is 6.31. The Morgan fingerprint density at radius 1 is 1.55 bits per heavy atom. The first-order valence-electron chi connectivity index (χ1n) is 6.56. The van der Waals surface area contributed by atoms with E-state index in [1.807, 2.05) is 4.90 Å². The number of anilines is 1. The molecule has 1 aliphatic rings. The van der Waals surface area contributed by atoms with Crippen molar-refractivity contribution in [3.63, 3.8) is 0 Å².